The summed E-state index contributed by atoms with van der Waals surface area (Å²) < 4.78 is 5.87. The predicted octanol–water partition coefficient (Wildman–Crippen LogP) is 4.39. The maximum atomic E-state index is 13.4. The molecular formula is C27H32N2O5. The van der Waals surface area contributed by atoms with Crippen LogP contribution >= 0.6 is 0 Å². The lowest BCUT2D eigenvalue weighted by Gasteiger charge is -2.32. The highest BCUT2D eigenvalue weighted by molar-refractivity contribution is 6.09. The molecular weight excluding hydrogens is 432 g/mol. The van der Waals surface area contributed by atoms with Crippen molar-refractivity contribution in [2.24, 2.45) is 17.8 Å². The van der Waals surface area contributed by atoms with Crippen molar-refractivity contribution >= 4 is 17.8 Å². The van der Waals surface area contributed by atoms with Crippen LogP contribution in [-0.2, 0) is 14.4 Å². The number of carbonyl (C=O) groups is 3. The molecule has 0 radical (unpaired) electrons. The molecule has 2 heterocycles. The van der Waals surface area contributed by atoms with Gasteiger partial charge in [0.25, 0.3) is 0 Å². The third-order valence-electron chi connectivity index (χ3n) is 6.81. The molecule has 2 aromatic carbocycles. The third kappa shape index (κ3) is 4.20. The molecule has 2 aliphatic rings. The van der Waals surface area contributed by atoms with Crippen LogP contribution in [0.25, 0.3) is 0 Å². The number of unbranched alkanes of at least 4 members (excludes halogenated alkanes) is 1. The Balaban J connectivity index is 1.69. The molecule has 2 amide bonds. The van der Waals surface area contributed by atoms with Crippen LogP contribution in [-0.4, -0.2) is 39.9 Å². The first-order valence-corrected chi connectivity index (χ1v) is 12.0. The molecule has 2 aliphatic heterocycles. The number of ether oxygens (including phenoxy) is 1. The number of fused-ring (bicyclic) bond motifs is 1. The Kier molecular flexibility index (Phi) is 6.75. The molecule has 0 saturated carbocycles. The Labute approximate surface area is 200 Å². The Morgan fingerprint density at radius 1 is 1.06 bits per heavy atom. The Hall–Kier alpha value is -3.19. The molecule has 180 valence electrons. The summed E-state index contributed by atoms with van der Waals surface area (Å²) in [5.74, 6) is -2.04. The van der Waals surface area contributed by atoms with Gasteiger partial charge in [0.05, 0.1) is 11.8 Å². The molecule has 7 nitrogen and oxygen atoms in total. The van der Waals surface area contributed by atoms with E-state index in [1.54, 1.807) is 12.1 Å². The summed E-state index contributed by atoms with van der Waals surface area (Å²) in [5.41, 5.74) is -0.725. The maximum Gasteiger partial charge on any atom is 0.324 e. The van der Waals surface area contributed by atoms with Gasteiger partial charge < -0.3 is 9.84 Å². The Bertz CT molecular complexity index is 1050. The van der Waals surface area contributed by atoms with E-state index in [-0.39, 0.29) is 24.2 Å². The summed E-state index contributed by atoms with van der Waals surface area (Å²) >= 11 is 0. The van der Waals surface area contributed by atoms with Crippen molar-refractivity contribution in [3.05, 3.63) is 60.2 Å². The van der Waals surface area contributed by atoms with E-state index >= 15 is 0 Å². The van der Waals surface area contributed by atoms with Crippen molar-refractivity contribution in [3.63, 3.8) is 0 Å². The van der Waals surface area contributed by atoms with E-state index in [4.69, 9.17) is 4.74 Å². The van der Waals surface area contributed by atoms with E-state index in [1.807, 2.05) is 63.2 Å². The quantitative estimate of drug-likeness (QED) is 0.534. The molecule has 2 saturated heterocycles. The number of carbonyl (C=O) groups excluding carboxylic acids is 2. The number of rotatable bonds is 9. The SMILES string of the molecule is CCCCN1C(=O)C2C(c3ccc(Oc4ccccc4)cc3)NC(CC(C)C)(C(=O)O)C2C1=O. The van der Waals surface area contributed by atoms with Crippen LogP contribution in [0.3, 0.4) is 0 Å². The van der Waals surface area contributed by atoms with Gasteiger partial charge in [0.2, 0.25) is 11.8 Å². The minimum atomic E-state index is -1.49. The van der Waals surface area contributed by atoms with Gasteiger partial charge in [-0.2, -0.15) is 0 Å². The summed E-state index contributed by atoms with van der Waals surface area (Å²) in [5, 5.41) is 13.6. The largest absolute Gasteiger partial charge is 0.480 e. The van der Waals surface area contributed by atoms with Gasteiger partial charge in [-0.15, -0.1) is 0 Å². The minimum absolute atomic E-state index is 0.0252. The number of likely N-dealkylation sites (tertiary alicyclic amines) is 1. The van der Waals surface area contributed by atoms with Crippen LogP contribution in [0.4, 0.5) is 0 Å². The number of nitrogens with one attached hydrogen (secondary N) is 1. The zero-order valence-electron chi connectivity index (χ0n) is 19.9. The lowest BCUT2D eigenvalue weighted by atomic mass is 9.75. The summed E-state index contributed by atoms with van der Waals surface area (Å²) in [6.07, 6.45) is 1.80. The second-order valence-corrected chi connectivity index (χ2v) is 9.67. The third-order valence-corrected chi connectivity index (χ3v) is 6.81. The molecule has 4 unspecified atom stereocenters. The molecule has 0 bridgehead atoms. The number of nitrogens with zero attached hydrogens (tertiary/aromatic N) is 1. The van der Waals surface area contributed by atoms with Gasteiger partial charge in [-0.1, -0.05) is 57.5 Å². The van der Waals surface area contributed by atoms with Crippen LogP contribution in [0.2, 0.25) is 0 Å². The van der Waals surface area contributed by atoms with Gasteiger partial charge in [-0.3, -0.25) is 24.6 Å². The van der Waals surface area contributed by atoms with Gasteiger partial charge in [0.1, 0.15) is 17.0 Å². The van der Waals surface area contributed by atoms with Crippen LogP contribution in [0.15, 0.2) is 54.6 Å². The first kappa shape index (κ1) is 24.0. The van der Waals surface area contributed by atoms with Crippen molar-refractivity contribution < 1.29 is 24.2 Å². The number of para-hydroxylation sites is 1. The molecule has 2 fully saturated rings. The minimum Gasteiger partial charge on any atom is -0.480 e. The summed E-state index contributed by atoms with van der Waals surface area (Å²) in [7, 11) is 0. The van der Waals surface area contributed by atoms with Crippen LogP contribution in [0.5, 0.6) is 11.5 Å². The zero-order chi connectivity index (χ0) is 24.5. The highest BCUT2D eigenvalue weighted by atomic mass is 16.5. The first-order chi connectivity index (χ1) is 16.3. The van der Waals surface area contributed by atoms with E-state index in [9.17, 15) is 19.5 Å². The van der Waals surface area contributed by atoms with Crippen molar-refractivity contribution in [1.29, 1.82) is 0 Å². The van der Waals surface area contributed by atoms with Gasteiger partial charge in [0, 0.05) is 12.6 Å². The average Bonchev–Trinajstić information content (AvgIpc) is 3.27. The van der Waals surface area contributed by atoms with Gasteiger partial charge >= 0.3 is 5.97 Å². The Morgan fingerprint density at radius 2 is 1.71 bits per heavy atom. The fraction of sp³-hybridized carbons (Fsp3) is 0.444. The lowest BCUT2D eigenvalue weighted by molar-refractivity contribution is -0.152. The highest BCUT2D eigenvalue weighted by Crippen LogP contribution is 2.51. The first-order valence-electron chi connectivity index (χ1n) is 12.0. The second-order valence-electron chi connectivity index (χ2n) is 9.67. The van der Waals surface area contributed by atoms with E-state index < -0.39 is 29.4 Å². The molecule has 2 N–H and O–H groups in total. The fourth-order valence-electron chi connectivity index (χ4n) is 5.37. The average molecular weight is 465 g/mol. The molecule has 0 aromatic heterocycles. The zero-order valence-corrected chi connectivity index (χ0v) is 19.9. The van der Waals surface area contributed by atoms with Crippen LogP contribution in [0, 0.1) is 17.8 Å². The van der Waals surface area contributed by atoms with E-state index in [0.29, 0.717) is 24.5 Å². The van der Waals surface area contributed by atoms with Gasteiger partial charge in [-0.05, 0) is 48.6 Å². The van der Waals surface area contributed by atoms with Crippen LogP contribution < -0.4 is 10.1 Å². The van der Waals surface area contributed by atoms with Crippen molar-refractivity contribution in [2.45, 2.75) is 51.6 Å². The maximum absolute atomic E-state index is 13.4. The number of benzene rings is 2. The van der Waals surface area contributed by atoms with Gasteiger partial charge in [-0.25, -0.2) is 0 Å². The molecule has 2 aromatic rings. The number of imide groups is 1. The smallest absolute Gasteiger partial charge is 0.324 e. The molecule has 7 heteroatoms. The van der Waals surface area contributed by atoms with Crippen molar-refractivity contribution in [3.8, 4) is 11.5 Å². The van der Waals surface area contributed by atoms with Gasteiger partial charge in [0.15, 0.2) is 0 Å². The fourth-order valence-corrected chi connectivity index (χ4v) is 5.37. The van der Waals surface area contributed by atoms with Crippen molar-refractivity contribution in [2.75, 3.05) is 6.54 Å². The Morgan fingerprint density at radius 3 is 2.29 bits per heavy atom. The second kappa shape index (κ2) is 9.58. The predicted molar refractivity (Wildman–Crippen MR) is 127 cm³/mol. The lowest BCUT2D eigenvalue weighted by Crippen LogP contribution is -2.56. The summed E-state index contributed by atoms with van der Waals surface area (Å²) in [6, 6.07) is 16.1. The number of aliphatic carboxylic acids is 1. The summed E-state index contributed by atoms with van der Waals surface area (Å²) in [4.78, 5) is 40.8. The number of hydrogen-bond acceptors (Lipinski definition) is 5. The number of carboxylic acid groups (broad SMARTS) is 1. The molecule has 4 atom stereocenters. The number of hydrogen-bond donors (Lipinski definition) is 2. The van der Waals surface area contributed by atoms with Crippen LogP contribution in [0.1, 0.15) is 51.6 Å². The number of amides is 2. The standard InChI is InChI=1S/C27H32N2O5/c1-4-5-15-29-24(30)21-22(25(29)31)27(26(32)33,16-17(2)3)28-23(21)18-11-13-20(14-12-18)34-19-9-7-6-8-10-19/h6-14,17,21-23,28H,4-5,15-16H2,1-3H3,(H,32,33). The van der Waals surface area contributed by atoms with E-state index in [1.165, 1.54) is 4.90 Å². The number of carboxylic acids is 1. The normalized spacial score (nSPS) is 26.2. The molecule has 4 rings (SSSR count). The monoisotopic (exact) mass is 464 g/mol. The highest BCUT2D eigenvalue weighted by Gasteiger charge is 2.68. The van der Waals surface area contributed by atoms with E-state index in [2.05, 4.69) is 5.32 Å². The molecule has 0 spiro atoms. The summed E-state index contributed by atoms with van der Waals surface area (Å²) in [6.45, 7) is 6.19. The van der Waals surface area contributed by atoms with Crippen molar-refractivity contribution in [1.82, 2.24) is 10.2 Å². The molecule has 34 heavy (non-hydrogen) atoms. The topological polar surface area (TPSA) is 95.9 Å². The molecule has 0 aliphatic carbocycles. The van der Waals surface area contributed by atoms with E-state index in [0.717, 1.165) is 12.0 Å².